The van der Waals surface area contributed by atoms with Gasteiger partial charge in [-0.15, -0.1) is 11.8 Å². The maximum atomic E-state index is 5.25. The van der Waals surface area contributed by atoms with Crippen LogP contribution in [0.5, 0.6) is 5.75 Å². The van der Waals surface area contributed by atoms with Gasteiger partial charge in [0.1, 0.15) is 5.75 Å². The molecule has 0 atom stereocenters. The first-order valence-corrected chi connectivity index (χ1v) is 5.11. The quantitative estimate of drug-likeness (QED) is 0.650. The lowest BCUT2D eigenvalue weighted by atomic mass is 10.1. The molecule has 0 fully saturated rings. The van der Waals surface area contributed by atoms with Crippen LogP contribution < -0.4 is 4.74 Å². The molecule has 0 aliphatic heterocycles. The highest BCUT2D eigenvalue weighted by Gasteiger charge is 2.06. The third-order valence-corrected chi connectivity index (χ3v) is 2.98. The number of ether oxygens (including phenoxy) is 1. The molecule has 0 saturated carbocycles. The van der Waals surface area contributed by atoms with Gasteiger partial charge in [-0.1, -0.05) is 6.07 Å². The summed E-state index contributed by atoms with van der Waals surface area (Å²) in [6.45, 7) is 4.25. The summed E-state index contributed by atoms with van der Waals surface area (Å²) in [4.78, 5) is 1.25. The van der Waals surface area contributed by atoms with E-state index in [2.05, 4.69) is 26.2 Å². The van der Waals surface area contributed by atoms with Gasteiger partial charge < -0.3 is 4.74 Å². The van der Waals surface area contributed by atoms with E-state index in [1.165, 1.54) is 16.0 Å². The molecular weight excluding hydrogens is 168 g/mol. The summed E-state index contributed by atoms with van der Waals surface area (Å²) in [5, 5.41) is 0. The van der Waals surface area contributed by atoms with Crippen LogP contribution in [0.1, 0.15) is 11.1 Å². The molecule has 2 heteroatoms. The fourth-order valence-corrected chi connectivity index (χ4v) is 2.00. The molecule has 0 unspecified atom stereocenters. The molecule has 0 spiro atoms. The normalized spacial score (nSPS) is 10.0. The van der Waals surface area contributed by atoms with E-state index in [1.807, 2.05) is 6.07 Å². The minimum absolute atomic E-state index is 0.977. The van der Waals surface area contributed by atoms with Gasteiger partial charge in [-0.05, 0) is 37.3 Å². The molecule has 0 aliphatic rings. The Kier molecular flexibility index (Phi) is 3.04. The molecule has 0 saturated heterocycles. The van der Waals surface area contributed by atoms with E-state index in [1.54, 1.807) is 18.9 Å². The zero-order valence-corrected chi connectivity index (χ0v) is 8.79. The van der Waals surface area contributed by atoms with Crippen molar-refractivity contribution in [3.8, 4) is 5.75 Å². The zero-order chi connectivity index (χ0) is 9.14. The highest BCUT2D eigenvalue weighted by atomic mass is 32.2. The summed E-state index contributed by atoms with van der Waals surface area (Å²) in [5.41, 5.74) is 2.64. The van der Waals surface area contributed by atoms with Crippen LogP contribution in [0.25, 0.3) is 0 Å². The topological polar surface area (TPSA) is 9.23 Å². The number of aryl methyl sites for hydroxylation is 1. The Morgan fingerprint density at radius 1 is 1.25 bits per heavy atom. The molecule has 66 valence electrons. The largest absolute Gasteiger partial charge is 0.496 e. The van der Waals surface area contributed by atoms with Gasteiger partial charge in [-0.2, -0.15) is 0 Å². The molecule has 0 heterocycles. The first-order chi connectivity index (χ1) is 5.70. The van der Waals surface area contributed by atoms with Gasteiger partial charge in [0, 0.05) is 0 Å². The third-order valence-electron chi connectivity index (χ3n) is 2.06. The van der Waals surface area contributed by atoms with Crippen LogP contribution in [-0.2, 0) is 0 Å². The van der Waals surface area contributed by atoms with E-state index < -0.39 is 0 Å². The first-order valence-electron chi connectivity index (χ1n) is 3.89. The van der Waals surface area contributed by atoms with Crippen molar-refractivity contribution in [3.05, 3.63) is 23.3 Å². The summed E-state index contributed by atoms with van der Waals surface area (Å²) in [7, 11) is 1.71. The van der Waals surface area contributed by atoms with Crippen LogP contribution in [0.4, 0.5) is 0 Å². The summed E-state index contributed by atoms with van der Waals surface area (Å²) in [6, 6.07) is 4.11. The third kappa shape index (κ3) is 1.58. The standard InChI is InChI=1S/C10H14OS/c1-7-5-6-9(11-3)10(12-4)8(7)2/h5-6H,1-4H3. The average molecular weight is 182 g/mol. The van der Waals surface area contributed by atoms with Crippen molar-refractivity contribution in [2.24, 2.45) is 0 Å². The maximum Gasteiger partial charge on any atom is 0.132 e. The van der Waals surface area contributed by atoms with Gasteiger partial charge in [-0.25, -0.2) is 0 Å². The van der Waals surface area contributed by atoms with E-state index in [0.29, 0.717) is 0 Å². The summed E-state index contributed by atoms with van der Waals surface area (Å²) >= 11 is 1.74. The smallest absolute Gasteiger partial charge is 0.132 e. The molecule has 1 aromatic rings. The molecule has 0 aromatic heterocycles. The van der Waals surface area contributed by atoms with E-state index >= 15 is 0 Å². The SMILES string of the molecule is COc1ccc(C)c(C)c1SC. The van der Waals surface area contributed by atoms with Crippen molar-refractivity contribution in [1.29, 1.82) is 0 Å². The lowest BCUT2D eigenvalue weighted by Gasteiger charge is -2.10. The molecule has 0 radical (unpaired) electrons. The van der Waals surface area contributed by atoms with Crippen molar-refractivity contribution in [1.82, 2.24) is 0 Å². The Morgan fingerprint density at radius 3 is 2.42 bits per heavy atom. The van der Waals surface area contributed by atoms with Crippen molar-refractivity contribution in [3.63, 3.8) is 0 Å². The number of hydrogen-bond acceptors (Lipinski definition) is 2. The summed E-state index contributed by atoms with van der Waals surface area (Å²) < 4.78 is 5.25. The molecular formula is C10H14OS. The monoisotopic (exact) mass is 182 g/mol. The second kappa shape index (κ2) is 3.85. The predicted octanol–water partition coefficient (Wildman–Crippen LogP) is 3.03. The fourth-order valence-electron chi connectivity index (χ4n) is 1.18. The number of thioether (sulfide) groups is 1. The van der Waals surface area contributed by atoms with Crippen molar-refractivity contribution < 1.29 is 4.74 Å². The van der Waals surface area contributed by atoms with Gasteiger partial charge in [0.25, 0.3) is 0 Å². The Hall–Kier alpha value is -0.630. The minimum atomic E-state index is 0.977. The molecule has 1 rings (SSSR count). The first kappa shape index (κ1) is 9.46. The van der Waals surface area contributed by atoms with E-state index in [0.717, 1.165) is 5.75 Å². The second-order valence-electron chi connectivity index (χ2n) is 2.74. The molecule has 0 N–H and O–H groups in total. The number of hydrogen-bond donors (Lipinski definition) is 0. The van der Waals surface area contributed by atoms with Crippen LogP contribution in [0.3, 0.4) is 0 Å². The molecule has 0 amide bonds. The summed E-state index contributed by atoms with van der Waals surface area (Å²) in [5.74, 6) is 0.977. The number of benzene rings is 1. The van der Waals surface area contributed by atoms with Crippen molar-refractivity contribution in [2.45, 2.75) is 18.7 Å². The van der Waals surface area contributed by atoms with E-state index in [4.69, 9.17) is 4.74 Å². The lowest BCUT2D eigenvalue weighted by Crippen LogP contribution is -1.90. The maximum absolute atomic E-state index is 5.25. The molecule has 1 nitrogen and oxygen atoms in total. The predicted molar refractivity (Wildman–Crippen MR) is 54.2 cm³/mol. The van der Waals surface area contributed by atoms with Crippen LogP contribution in [0.15, 0.2) is 17.0 Å². The Balaban J connectivity index is 3.25. The van der Waals surface area contributed by atoms with Gasteiger partial charge in [0.15, 0.2) is 0 Å². The Morgan fingerprint density at radius 2 is 1.92 bits per heavy atom. The van der Waals surface area contributed by atoms with Gasteiger partial charge in [0.2, 0.25) is 0 Å². The Labute approximate surface area is 78.1 Å². The minimum Gasteiger partial charge on any atom is -0.496 e. The zero-order valence-electron chi connectivity index (χ0n) is 7.97. The Bertz CT molecular complexity index is 281. The summed E-state index contributed by atoms with van der Waals surface area (Å²) in [6.07, 6.45) is 2.07. The van der Waals surface area contributed by atoms with Crippen molar-refractivity contribution in [2.75, 3.05) is 13.4 Å². The van der Waals surface area contributed by atoms with Gasteiger partial charge >= 0.3 is 0 Å². The highest BCUT2D eigenvalue weighted by Crippen LogP contribution is 2.32. The average Bonchev–Trinajstić information content (AvgIpc) is 2.09. The van der Waals surface area contributed by atoms with Crippen LogP contribution in [-0.4, -0.2) is 13.4 Å². The van der Waals surface area contributed by atoms with Gasteiger partial charge in [0.05, 0.1) is 12.0 Å². The van der Waals surface area contributed by atoms with Crippen LogP contribution in [0.2, 0.25) is 0 Å². The molecule has 12 heavy (non-hydrogen) atoms. The van der Waals surface area contributed by atoms with Crippen LogP contribution >= 0.6 is 11.8 Å². The lowest BCUT2D eigenvalue weighted by molar-refractivity contribution is 0.404. The van der Waals surface area contributed by atoms with Gasteiger partial charge in [-0.3, -0.25) is 0 Å². The molecule has 0 bridgehead atoms. The van der Waals surface area contributed by atoms with Crippen LogP contribution in [0, 0.1) is 13.8 Å². The molecule has 1 aromatic carbocycles. The van der Waals surface area contributed by atoms with E-state index in [-0.39, 0.29) is 0 Å². The molecule has 0 aliphatic carbocycles. The van der Waals surface area contributed by atoms with E-state index in [9.17, 15) is 0 Å². The fraction of sp³-hybridized carbons (Fsp3) is 0.400. The highest BCUT2D eigenvalue weighted by molar-refractivity contribution is 7.98. The number of rotatable bonds is 2. The number of methoxy groups -OCH3 is 1. The second-order valence-corrected chi connectivity index (χ2v) is 3.56. The van der Waals surface area contributed by atoms with Crippen molar-refractivity contribution >= 4 is 11.8 Å².